The Bertz CT molecular complexity index is 577. The molecule has 2 N–H and O–H groups in total. The van der Waals surface area contributed by atoms with E-state index in [9.17, 15) is 13.2 Å². The average Bonchev–Trinajstić information content (AvgIpc) is 3.14. The van der Waals surface area contributed by atoms with E-state index in [0.717, 1.165) is 43.7 Å². The largest absolute Gasteiger partial charge is 0.416 e. The number of guanidine groups is 1. The molecule has 1 fully saturated rings. The lowest BCUT2D eigenvalue weighted by Crippen LogP contribution is -2.38. The highest BCUT2D eigenvalue weighted by atomic mass is 127. The second-order valence-corrected chi connectivity index (χ2v) is 6.34. The topological polar surface area (TPSA) is 54.9 Å². The van der Waals surface area contributed by atoms with Crippen LogP contribution in [0.15, 0.2) is 29.3 Å². The predicted molar refractivity (Wildman–Crippen MR) is 114 cm³/mol. The van der Waals surface area contributed by atoms with Crippen molar-refractivity contribution in [3.63, 3.8) is 0 Å². The van der Waals surface area contributed by atoms with Crippen molar-refractivity contribution in [1.82, 2.24) is 10.6 Å². The number of nitrogens with zero attached hydrogens (tertiary/aromatic N) is 1. The van der Waals surface area contributed by atoms with Crippen molar-refractivity contribution in [2.45, 2.75) is 38.5 Å². The first-order chi connectivity index (χ1) is 13.0. The van der Waals surface area contributed by atoms with Crippen molar-refractivity contribution in [3.05, 3.63) is 35.4 Å². The fourth-order valence-corrected chi connectivity index (χ4v) is 2.68. The van der Waals surface area contributed by atoms with Crippen LogP contribution >= 0.6 is 24.0 Å². The van der Waals surface area contributed by atoms with Gasteiger partial charge < -0.3 is 20.1 Å². The molecule has 0 radical (unpaired) electrons. The van der Waals surface area contributed by atoms with E-state index < -0.39 is 11.7 Å². The lowest BCUT2D eigenvalue weighted by molar-refractivity contribution is -0.137. The molecule has 5 nitrogen and oxygen atoms in total. The second kappa shape index (κ2) is 13.2. The smallest absolute Gasteiger partial charge is 0.379 e. The molecule has 0 amide bonds. The molecule has 0 saturated carbocycles. The summed E-state index contributed by atoms with van der Waals surface area (Å²) in [6.45, 7) is 6.06. The van der Waals surface area contributed by atoms with Crippen LogP contribution in [0.3, 0.4) is 0 Å². The lowest BCUT2D eigenvalue weighted by atomic mass is 10.1. The van der Waals surface area contributed by atoms with Crippen molar-refractivity contribution in [2.24, 2.45) is 4.99 Å². The van der Waals surface area contributed by atoms with Gasteiger partial charge in [0.2, 0.25) is 0 Å². The molecule has 160 valence electrons. The van der Waals surface area contributed by atoms with Crippen molar-refractivity contribution in [1.29, 1.82) is 0 Å². The molecule has 1 aliphatic rings. The van der Waals surface area contributed by atoms with Crippen molar-refractivity contribution < 1.29 is 22.6 Å². The van der Waals surface area contributed by atoms with E-state index in [1.807, 2.05) is 6.92 Å². The Morgan fingerprint density at radius 3 is 2.61 bits per heavy atom. The summed E-state index contributed by atoms with van der Waals surface area (Å²) in [5.41, 5.74) is 0.221. The van der Waals surface area contributed by atoms with Gasteiger partial charge in [-0.3, -0.25) is 4.99 Å². The molecule has 1 atom stereocenters. The number of alkyl halides is 3. The quantitative estimate of drug-likeness (QED) is 0.229. The first kappa shape index (κ1) is 25.0. The molecule has 0 bridgehead atoms. The van der Waals surface area contributed by atoms with Crippen molar-refractivity contribution in [3.8, 4) is 0 Å². The molecule has 2 rings (SSSR count). The lowest BCUT2D eigenvalue weighted by Gasteiger charge is -2.12. The number of nitrogens with one attached hydrogen (secondary N) is 2. The fourth-order valence-electron chi connectivity index (χ4n) is 2.68. The third-order valence-electron chi connectivity index (χ3n) is 4.15. The second-order valence-electron chi connectivity index (χ2n) is 6.34. The van der Waals surface area contributed by atoms with E-state index >= 15 is 0 Å². The molecule has 0 aliphatic carbocycles. The SMILES string of the molecule is CCNC(=NCCCOC1CCOC1)NCCc1ccc(C(F)(F)F)cc1.I. The summed E-state index contributed by atoms with van der Waals surface area (Å²) in [6, 6.07) is 5.26. The first-order valence-corrected chi connectivity index (χ1v) is 9.36. The maximum atomic E-state index is 12.6. The summed E-state index contributed by atoms with van der Waals surface area (Å²) < 4.78 is 48.7. The van der Waals surface area contributed by atoms with Gasteiger partial charge in [-0.1, -0.05) is 12.1 Å². The number of aliphatic imine (C=N–C) groups is 1. The van der Waals surface area contributed by atoms with Gasteiger partial charge in [-0.05, 0) is 43.9 Å². The van der Waals surface area contributed by atoms with Gasteiger partial charge in [-0.15, -0.1) is 24.0 Å². The maximum absolute atomic E-state index is 12.6. The van der Waals surface area contributed by atoms with Crippen LogP contribution in [0.2, 0.25) is 0 Å². The molecule has 1 aromatic rings. The third kappa shape index (κ3) is 9.42. The molecular formula is C19H29F3IN3O2. The van der Waals surface area contributed by atoms with Crippen LogP contribution in [0.5, 0.6) is 0 Å². The minimum absolute atomic E-state index is 0. The molecule has 0 aromatic heterocycles. The summed E-state index contributed by atoms with van der Waals surface area (Å²) in [7, 11) is 0. The molecule has 1 saturated heterocycles. The molecule has 9 heteroatoms. The van der Waals surface area contributed by atoms with Gasteiger partial charge >= 0.3 is 6.18 Å². The fraction of sp³-hybridized carbons (Fsp3) is 0.632. The van der Waals surface area contributed by atoms with E-state index in [-0.39, 0.29) is 30.1 Å². The predicted octanol–water partition coefficient (Wildman–Crippen LogP) is 3.62. The van der Waals surface area contributed by atoms with Gasteiger partial charge in [0, 0.05) is 32.8 Å². The van der Waals surface area contributed by atoms with Crippen molar-refractivity contribution >= 4 is 29.9 Å². The minimum Gasteiger partial charge on any atom is -0.379 e. The highest BCUT2D eigenvalue weighted by Crippen LogP contribution is 2.29. The monoisotopic (exact) mass is 515 g/mol. The van der Waals surface area contributed by atoms with Gasteiger partial charge in [-0.25, -0.2) is 0 Å². The van der Waals surface area contributed by atoms with Crippen LogP contribution in [0, 0.1) is 0 Å². The number of hydrogen-bond donors (Lipinski definition) is 2. The first-order valence-electron chi connectivity index (χ1n) is 9.36. The van der Waals surface area contributed by atoms with E-state index in [1.54, 1.807) is 0 Å². The molecule has 1 aliphatic heterocycles. The average molecular weight is 515 g/mol. The zero-order chi connectivity index (χ0) is 19.5. The highest BCUT2D eigenvalue weighted by Gasteiger charge is 2.29. The Balaban J connectivity index is 0.00000392. The number of hydrogen-bond acceptors (Lipinski definition) is 3. The molecule has 0 spiro atoms. The Kier molecular flexibility index (Phi) is 11.8. The van der Waals surface area contributed by atoms with Crippen molar-refractivity contribution in [2.75, 3.05) is 39.5 Å². The molecule has 1 unspecified atom stereocenters. The van der Waals surface area contributed by atoms with Gasteiger partial charge in [0.25, 0.3) is 0 Å². The Labute approximate surface area is 181 Å². The molecule has 1 heterocycles. The van der Waals surface area contributed by atoms with E-state index in [4.69, 9.17) is 9.47 Å². The molecule has 28 heavy (non-hydrogen) atoms. The van der Waals surface area contributed by atoms with Crippen LogP contribution in [0.25, 0.3) is 0 Å². The Hall–Kier alpha value is -1.07. The van der Waals surface area contributed by atoms with E-state index in [2.05, 4.69) is 15.6 Å². The Morgan fingerprint density at radius 2 is 2.00 bits per heavy atom. The van der Waals surface area contributed by atoms with Gasteiger partial charge in [0.05, 0.1) is 18.3 Å². The highest BCUT2D eigenvalue weighted by molar-refractivity contribution is 14.0. The maximum Gasteiger partial charge on any atom is 0.416 e. The number of benzene rings is 1. The molecule has 1 aromatic carbocycles. The standard InChI is InChI=1S/C19H28F3N3O2.HI/c1-2-23-18(24-10-3-12-27-17-9-13-26-14-17)25-11-8-15-4-6-16(7-5-15)19(20,21)22;/h4-7,17H,2-3,8-14H2,1H3,(H2,23,24,25);1H. The number of halogens is 4. The van der Waals surface area contributed by atoms with E-state index in [1.165, 1.54) is 12.1 Å². The summed E-state index contributed by atoms with van der Waals surface area (Å²) in [5, 5.41) is 6.36. The van der Waals surface area contributed by atoms with Gasteiger partial charge in [-0.2, -0.15) is 13.2 Å². The molecular weight excluding hydrogens is 486 g/mol. The van der Waals surface area contributed by atoms with Crippen LogP contribution < -0.4 is 10.6 Å². The zero-order valence-electron chi connectivity index (χ0n) is 16.1. The minimum atomic E-state index is -4.30. The Morgan fingerprint density at radius 1 is 1.25 bits per heavy atom. The normalized spacial score (nSPS) is 17.3. The van der Waals surface area contributed by atoms with Crippen LogP contribution in [0.1, 0.15) is 30.9 Å². The summed E-state index contributed by atoms with van der Waals surface area (Å²) in [5.74, 6) is 0.702. The summed E-state index contributed by atoms with van der Waals surface area (Å²) in [4.78, 5) is 4.49. The van der Waals surface area contributed by atoms with Gasteiger partial charge in [0.15, 0.2) is 5.96 Å². The third-order valence-corrected chi connectivity index (χ3v) is 4.15. The summed E-state index contributed by atoms with van der Waals surface area (Å²) in [6.07, 6.45) is -1.68. The summed E-state index contributed by atoms with van der Waals surface area (Å²) >= 11 is 0. The van der Waals surface area contributed by atoms with Gasteiger partial charge in [0.1, 0.15) is 0 Å². The van der Waals surface area contributed by atoms with Crippen LogP contribution in [0.4, 0.5) is 13.2 Å². The van der Waals surface area contributed by atoms with Crippen LogP contribution in [-0.2, 0) is 22.1 Å². The number of ether oxygens (including phenoxy) is 2. The van der Waals surface area contributed by atoms with E-state index in [0.29, 0.717) is 38.7 Å². The number of rotatable bonds is 9. The zero-order valence-corrected chi connectivity index (χ0v) is 18.4. The van der Waals surface area contributed by atoms with Crippen LogP contribution in [-0.4, -0.2) is 51.5 Å².